The second-order valence-corrected chi connectivity index (χ2v) is 5.14. The summed E-state index contributed by atoms with van der Waals surface area (Å²) >= 11 is 0. The molecule has 3 rings (SSSR count). The molecule has 0 atom stereocenters. The van der Waals surface area contributed by atoms with Gasteiger partial charge in [0, 0.05) is 5.39 Å². The van der Waals surface area contributed by atoms with Crippen LogP contribution < -0.4 is 15.7 Å². The van der Waals surface area contributed by atoms with Crippen molar-refractivity contribution in [1.82, 2.24) is 0 Å². The van der Waals surface area contributed by atoms with Crippen molar-refractivity contribution in [1.29, 1.82) is 0 Å². The molecule has 116 valence electrons. The van der Waals surface area contributed by atoms with Crippen LogP contribution in [-0.2, 0) is 0 Å². The van der Waals surface area contributed by atoms with E-state index in [1.807, 2.05) is 19.1 Å². The van der Waals surface area contributed by atoms with Crippen molar-refractivity contribution in [3.05, 3.63) is 70.1 Å². The first-order valence-electron chi connectivity index (χ1n) is 7.07. The van der Waals surface area contributed by atoms with Crippen LogP contribution in [0.25, 0.3) is 11.0 Å². The molecule has 1 amide bonds. The van der Waals surface area contributed by atoms with Gasteiger partial charge in [0.2, 0.25) is 0 Å². The van der Waals surface area contributed by atoms with Gasteiger partial charge in [0.05, 0.1) is 12.8 Å². The van der Waals surface area contributed by atoms with Gasteiger partial charge in [-0.25, -0.2) is 4.79 Å². The van der Waals surface area contributed by atoms with Crippen molar-refractivity contribution in [3.8, 4) is 5.75 Å². The smallest absolute Gasteiger partial charge is 0.349 e. The highest BCUT2D eigenvalue weighted by molar-refractivity contribution is 6.06. The molecule has 0 radical (unpaired) electrons. The zero-order valence-electron chi connectivity index (χ0n) is 12.8. The number of anilines is 1. The fraction of sp³-hybridized carbons (Fsp3) is 0.111. The van der Waals surface area contributed by atoms with Gasteiger partial charge in [-0.05, 0) is 37.3 Å². The lowest BCUT2D eigenvalue weighted by Crippen LogP contribution is -2.20. The predicted molar refractivity (Wildman–Crippen MR) is 88.2 cm³/mol. The maximum absolute atomic E-state index is 12.4. The Hall–Kier alpha value is -3.08. The summed E-state index contributed by atoms with van der Waals surface area (Å²) < 4.78 is 10.4. The second-order valence-electron chi connectivity index (χ2n) is 5.14. The van der Waals surface area contributed by atoms with E-state index in [-0.39, 0.29) is 5.56 Å². The number of fused-ring (bicyclic) bond motifs is 1. The van der Waals surface area contributed by atoms with Crippen LogP contribution in [0.1, 0.15) is 15.9 Å². The largest absolute Gasteiger partial charge is 0.495 e. The summed E-state index contributed by atoms with van der Waals surface area (Å²) in [5, 5.41) is 3.38. The maximum atomic E-state index is 12.4. The van der Waals surface area contributed by atoms with Crippen molar-refractivity contribution in [2.24, 2.45) is 0 Å². The van der Waals surface area contributed by atoms with Gasteiger partial charge in [0.15, 0.2) is 0 Å². The highest BCUT2D eigenvalue weighted by atomic mass is 16.5. The quantitative estimate of drug-likeness (QED) is 0.753. The van der Waals surface area contributed by atoms with Crippen LogP contribution in [-0.4, -0.2) is 13.0 Å². The Morgan fingerprint density at radius 3 is 2.70 bits per heavy atom. The normalized spacial score (nSPS) is 10.5. The summed E-state index contributed by atoms with van der Waals surface area (Å²) in [5.41, 5.74) is 1.24. The molecule has 0 fully saturated rings. The molecule has 0 saturated carbocycles. The highest BCUT2D eigenvalue weighted by Gasteiger charge is 2.15. The van der Waals surface area contributed by atoms with Crippen LogP contribution in [0, 0.1) is 6.92 Å². The molecule has 1 heterocycles. The van der Waals surface area contributed by atoms with E-state index in [9.17, 15) is 9.59 Å². The molecule has 1 aromatic heterocycles. The van der Waals surface area contributed by atoms with Crippen LogP contribution in [0.3, 0.4) is 0 Å². The Labute approximate surface area is 132 Å². The highest BCUT2D eigenvalue weighted by Crippen LogP contribution is 2.24. The number of rotatable bonds is 3. The molecule has 5 nitrogen and oxygen atoms in total. The van der Waals surface area contributed by atoms with E-state index in [1.54, 1.807) is 36.4 Å². The van der Waals surface area contributed by atoms with Crippen LogP contribution in [0.5, 0.6) is 5.75 Å². The number of benzene rings is 2. The Morgan fingerprint density at radius 2 is 1.91 bits per heavy atom. The minimum Gasteiger partial charge on any atom is -0.495 e. The summed E-state index contributed by atoms with van der Waals surface area (Å²) in [6.45, 7) is 1.93. The second kappa shape index (κ2) is 5.96. The number of carbonyl (C=O) groups excluding carboxylic acids is 1. The standard InChI is InChI=1S/C18H15NO4/c1-11-7-8-15-12(9-11)10-13(18(21)23-15)17(20)19-14-5-3-4-6-16(14)22-2/h3-10H,1-2H3,(H,19,20). The average Bonchev–Trinajstić information content (AvgIpc) is 2.55. The lowest BCUT2D eigenvalue weighted by molar-refractivity contribution is 0.102. The molecule has 5 heteroatoms. The van der Waals surface area contributed by atoms with Crippen LogP contribution in [0.2, 0.25) is 0 Å². The number of nitrogens with one attached hydrogen (secondary N) is 1. The molecule has 0 aliphatic heterocycles. The third-order valence-electron chi connectivity index (χ3n) is 3.49. The molecule has 0 aliphatic carbocycles. The van der Waals surface area contributed by atoms with Gasteiger partial charge in [-0.2, -0.15) is 0 Å². The van der Waals surface area contributed by atoms with Crippen molar-refractivity contribution in [2.75, 3.05) is 12.4 Å². The third-order valence-corrected chi connectivity index (χ3v) is 3.49. The van der Waals surface area contributed by atoms with Gasteiger partial charge in [0.25, 0.3) is 5.91 Å². The van der Waals surface area contributed by atoms with Crippen LogP contribution in [0.15, 0.2) is 57.7 Å². The van der Waals surface area contributed by atoms with Gasteiger partial charge in [-0.1, -0.05) is 23.8 Å². The average molecular weight is 309 g/mol. The first-order chi connectivity index (χ1) is 11.1. The molecule has 0 saturated heterocycles. The monoisotopic (exact) mass is 309 g/mol. The first-order valence-corrected chi connectivity index (χ1v) is 7.07. The summed E-state index contributed by atoms with van der Waals surface area (Å²) in [4.78, 5) is 24.5. The van der Waals surface area contributed by atoms with Gasteiger partial charge < -0.3 is 14.5 Å². The van der Waals surface area contributed by atoms with Crippen molar-refractivity contribution >= 4 is 22.6 Å². The molecule has 1 N–H and O–H groups in total. The lowest BCUT2D eigenvalue weighted by atomic mass is 10.1. The topological polar surface area (TPSA) is 68.5 Å². The molecule has 0 spiro atoms. The van der Waals surface area contributed by atoms with Gasteiger partial charge in [-0.3, -0.25) is 4.79 Å². The van der Waals surface area contributed by atoms with Crippen LogP contribution in [0.4, 0.5) is 5.69 Å². The van der Waals surface area contributed by atoms with E-state index in [4.69, 9.17) is 9.15 Å². The van der Waals surface area contributed by atoms with E-state index in [0.29, 0.717) is 22.4 Å². The van der Waals surface area contributed by atoms with E-state index < -0.39 is 11.5 Å². The van der Waals surface area contributed by atoms with E-state index in [1.165, 1.54) is 7.11 Å². The third kappa shape index (κ3) is 2.94. The number of methoxy groups -OCH3 is 1. The Balaban J connectivity index is 2.00. The fourth-order valence-electron chi connectivity index (χ4n) is 2.34. The molecular weight excluding hydrogens is 294 g/mol. The number of ether oxygens (including phenoxy) is 1. The Bertz CT molecular complexity index is 943. The summed E-state index contributed by atoms with van der Waals surface area (Å²) in [6.07, 6.45) is 0. The molecule has 3 aromatic rings. The molecule has 0 bridgehead atoms. The number of carbonyl (C=O) groups is 1. The minimum atomic E-state index is -0.672. The van der Waals surface area contributed by atoms with E-state index in [0.717, 1.165) is 5.56 Å². The van der Waals surface area contributed by atoms with Gasteiger partial charge in [-0.15, -0.1) is 0 Å². The SMILES string of the molecule is COc1ccccc1NC(=O)c1cc2cc(C)ccc2oc1=O. The molecule has 23 heavy (non-hydrogen) atoms. The van der Waals surface area contributed by atoms with Crippen molar-refractivity contribution in [2.45, 2.75) is 6.92 Å². The zero-order chi connectivity index (χ0) is 16.4. The zero-order valence-corrected chi connectivity index (χ0v) is 12.8. The summed E-state index contributed by atoms with van der Waals surface area (Å²) in [5.74, 6) is -0.0199. The number of aryl methyl sites for hydroxylation is 1. The predicted octanol–water partition coefficient (Wildman–Crippen LogP) is 3.36. The van der Waals surface area contributed by atoms with E-state index in [2.05, 4.69) is 5.32 Å². The van der Waals surface area contributed by atoms with E-state index >= 15 is 0 Å². The number of hydrogen-bond acceptors (Lipinski definition) is 4. The van der Waals surface area contributed by atoms with Crippen molar-refractivity contribution in [3.63, 3.8) is 0 Å². The van der Waals surface area contributed by atoms with Gasteiger partial charge in [0.1, 0.15) is 16.9 Å². The Morgan fingerprint density at radius 1 is 1.13 bits per heavy atom. The first kappa shape index (κ1) is 14.8. The van der Waals surface area contributed by atoms with Gasteiger partial charge >= 0.3 is 5.63 Å². The molecule has 2 aromatic carbocycles. The van der Waals surface area contributed by atoms with Crippen LogP contribution >= 0.6 is 0 Å². The fourth-order valence-corrected chi connectivity index (χ4v) is 2.34. The maximum Gasteiger partial charge on any atom is 0.349 e. The Kier molecular flexibility index (Phi) is 3.85. The summed E-state index contributed by atoms with van der Waals surface area (Å²) in [6, 6.07) is 13.9. The molecular formula is C18H15NO4. The minimum absolute atomic E-state index is 0.0472. The van der Waals surface area contributed by atoms with Crippen molar-refractivity contribution < 1.29 is 13.9 Å². The lowest BCUT2D eigenvalue weighted by Gasteiger charge is -2.09. The number of para-hydroxylation sites is 2. The number of amides is 1. The number of hydrogen-bond donors (Lipinski definition) is 1. The molecule has 0 unspecified atom stereocenters. The molecule has 0 aliphatic rings. The summed E-state index contributed by atoms with van der Waals surface area (Å²) in [7, 11) is 1.51.